The van der Waals surface area contributed by atoms with Crippen molar-refractivity contribution in [2.75, 3.05) is 27.2 Å². The number of piperidine rings is 1. The second-order valence-electron chi connectivity index (χ2n) is 6.09. The van der Waals surface area contributed by atoms with E-state index in [2.05, 4.69) is 14.1 Å². The van der Waals surface area contributed by atoms with Crippen molar-refractivity contribution in [1.82, 2.24) is 0 Å². The molecule has 1 rings (SSSR count). The summed E-state index contributed by atoms with van der Waals surface area (Å²) in [5.74, 6) is 0.268. The highest BCUT2D eigenvalue weighted by Crippen LogP contribution is 2.61. The zero-order valence-electron chi connectivity index (χ0n) is 11.3. The fourth-order valence-electron chi connectivity index (χ4n) is 2.84. The molecule has 0 aromatic heterocycles. The van der Waals surface area contributed by atoms with E-state index < -0.39 is 20.6 Å². The van der Waals surface area contributed by atoms with Crippen molar-refractivity contribution in [2.24, 2.45) is 5.92 Å². The van der Waals surface area contributed by atoms with Crippen LogP contribution in [0.3, 0.4) is 0 Å². The number of quaternary nitrogens is 1. The van der Waals surface area contributed by atoms with E-state index in [0.29, 0.717) is 6.42 Å². The van der Waals surface area contributed by atoms with Gasteiger partial charge >= 0.3 is 15.2 Å². The molecule has 0 saturated carbocycles. The average molecular weight is 316 g/mol. The summed E-state index contributed by atoms with van der Waals surface area (Å²) in [6, 6.07) is 0. The Labute approximate surface area is 113 Å². The van der Waals surface area contributed by atoms with Gasteiger partial charge < -0.3 is 24.1 Å². The molecule has 0 aromatic carbocycles. The topological polar surface area (TPSA) is 115 Å². The lowest BCUT2D eigenvalue weighted by Crippen LogP contribution is -2.47. The predicted octanol–water partition coefficient (Wildman–Crippen LogP) is 0.934. The highest BCUT2D eigenvalue weighted by Gasteiger charge is 2.43. The Hall–Kier alpha value is 0.260. The van der Waals surface area contributed by atoms with Crippen LogP contribution in [0.15, 0.2) is 0 Å². The van der Waals surface area contributed by atoms with Gasteiger partial charge in [-0.25, -0.2) is 0 Å². The second kappa shape index (κ2) is 5.94. The molecule has 1 saturated heterocycles. The Morgan fingerprint density at radius 3 is 2.11 bits per heavy atom. The fourth-order valence-corrected chi connectivity index (χ4v) is 5.38. The van der Waals surface area contributed by atoms with Crippen LogP contribution in [0.4, 0.5) is 0 Å². The Morgan fingerprint density at radius 2 is 1.68 bits per heavy atom. The average Bonchev–Trinajstić information content (AvgIpc) is 2.11. The summed E-state index contributed by atoms with van der Waals surface area (Å²) in [6.45, 7) is 1.95. The first kappa shape index (κ1) is 17.3. The summed E-state index contributed by atoms with van der Waals surface area (Å²) in [5.41, 5.74) is 0. The highest BCUT2D eigenvalue weighted by molar-refractivity contribution is 7.70. The van der Waals surface area contributed by atoms with Crippen LogP contribution in [0.5, 0.6) is 0 Å². The van der Waals surface area contributed by atoms with Gasteiger partial charge in [0.05, 0.1) is 27.2 Å². The molecule has 19 heavy (non-hydrogen) atoms. The van der Waals surface area contributed by atoms with E-state index in [-0.39, 0.29) is 12.3 Å². The van der Waals surface area contributed by atoms with Gasteiger partial charge in [-0.15, -0.1) is 0 Å². The first-order valence-corrected chi connectivity index (χ1v) is 9.70. The second-order valence-corrected chi connectivity index (χ2v) is 10.1. The molecule has 0 radical (unpaired) electrons. The lowest BCUT2D eigenvalue weighted by Gasteiger charge is -2.38. The lowest BCUT2D eigenvalue weighted by atomic mass is 9.93. The van der Waals surface area contributed by atoms with Crippen LogP contribution in [0, 0.1) is 5.92 Å². The zero-order valence-corrected chi connectivity index (χ0v) is 13.1. The van der Waals surface area contributed by atoms with Gasteiger partial charge in [-0.3, -0.25) is 9.13 Å². The van der Waals surface area contributed by atoms with Crippen molar-refractivity contribution in [3.05, 3.63) is 0 Å². The zero-order chi connectivity index (χ0) is 14.9. The molecular formula is C10H24NO6P2+. The lowest BCUT2D eigenvalue weighted by molar-refractivity contribution is -0.898. The predicted molar refractivity (Wildman–Crippen MR) is 71.7 cm³/mol. The maximum absolute atomic E-state index is 11.2. The molecule has 0 bridgehead atoms. The summed E-state index contributed by atoms with van der Waals surface area (Å²) in [5, 5.41) is -1.85. The van der Waals surface area contributed by atoms with Crippen LogP contribution in [-0.2, 0) is 9.13 Å². The largest absolute Gasteiger partial charge is 0.340 e. The molecule has 0 aromatic rings. The van der Waals surface area contributed by atoms with Gasteiger partial charge in [0.1, 0.15) is 0 Å². The first-order valence-electron chi connectivity index (χ1n) is 6.34. The SMILES string of the molecule is C[N+]1(C)CCCC(CCC(P(=O)(O)O)P(=O)(O)O)C1. The molecule has 1 heterocycles. The smallest absolute Gasteiger partial charge is 0.328 e. The number of likely N-dealkylation sites (tertiary alicyclic amines) is 1. The van der Waals surface area contributed by atoms with Crippen molar-refractivity contribution >= 4 is 15.2 Å². The molecule has 0 aliphatic carbocycles. The molecule has 1 aliphatic rings. The molecule has 4 N–H and O–H groups in total. The molecule has 1 aliphatic heterocycles. The van der Waals surface area contributed by atoms with Gasteiger partial charge in [-0.05, 0) is 25.7 Å². The standard InChI is InChI=1S/C10H23NO6P2/c1-11(2)7-3-4-9(8-11)5-6-10(18(12,13)14)19(15,16)17/h9-10H,3-8H2,1-2H3,(H3-,12,13,14,15,16,17)/p+1. The van der Waals surface area contributed by atoms with Crippen LogP contribution in [0.1, 0.15) is 25.7 Å². The summed E-state index contributed by atoms with van der Waals surface area (Å²) >= 11 is 0. The summed E-state index contributed by atoms with van der Waals surface area (Å²) in [7, 11) is -5.35. The molecule has 1 fully saturated rings. The number of hydrogen-bond donors (Lipinski definition) is 4. The minimum absolute atomic E-state index is 0.126. The minimum atomic E-state index is -4.77. The summed E-state index contributed by atoms with van der Waals surface area (Å²) in [6.07, 6.45) is 2.31. The molecule has 114 valence electrons. The van der Waals surface area contributed by atoms with Crippen LogP contribution < -0.4 is 0 Å². The van der Waals surface area contributed by atoms with Gasteiger partial charge in [0.25, 0.3) is 0 Å². The van der Waals surface area contributed by atoms with Crippen molar-refractivity contribution in [2.45, 2.75) is 31.1 Å². The van der Waals surface area contributed by atoms with Crippen LogP contribution >= 0.6 is 15.2 Å². The van der Waals surface area contributed by atoms with Crippen LogP contribution in [0.25, 0.3) is 0 Å². The van der Waals surface area contributed by atoms with E-state index >= 15 is 0 Å². The van der Waals surface area contributed by atoms with E-state index in [1.807, 2.05) is 0 Å². The van der Waals surface area contributed by atoms with Gasteiger partial charge in [-0.1, -0.05) is 0 Å². The van der Waals surface area contributed by atoms with Crippen molar-refractivity contribution in [1.29, 1.82) is 0 Å². The highest BCUT2D eigenvalue weighted by atomic mass is 31.2. The molecule has 0 spiro atoms. The van der Waals surface area contributed by atoms with Crippen LogP contribution in [-0.4, -0.2) is 56.6 Å². The maximum Gasteiger partial charge on any atom is 0.340 e. The van der Waals surface area contributed by atoms with Crippen molar-refractivity contribution in [3.8, 4) is 0 Å². The number of rotatable bonds is 5. The molecule has 1 unspecified atom stereocenters. The molecular weight excluding hydrogens is 292 g/mol. The van der Waals surface area contributed by atoms with E-state index in [4.69, 9.17) is 19.6 Å². The van der Waals surface area contributed by atoms with Gasteiger partial charge in [0, 0.05) is 5.92 Å². The first-order chi connectivity index (χ1) is 8.42. The van der Waals surface area contributed by atoms with E-state index in [1.54, 1.807) is 0 Å². The van der Waals surface area contributed by atoms with Crippen LogP contribution in [0.2, 0.25) is 0 Å². The number of nitrogens with zero attached hydrogens (tertiary/aromatic N) is 1. The fraction of sp³-hybridized carbons (Fsp3) is 1.00. The third-order valence-corrected chi connectivity index (χ3v) is 7.61. The molecule has 0 amide bonds. The molecule has 7 nitrogen and oxygen atoms in total. The van der Waals surface area contributed by atoms with Gasteiger partial charge in [0.15, 0.2) is 5.40 Å². The molecule has 9 heteroatoms. The summed E-state index contributed by atoms with van der Waals surface area (Å²) < 4.78 is 23.2. The minimum Gasteiger partial charge on any atom is -0.328 e. The Morgan fingerprint density at radius 1 is 1.16 bits per heavy atom. The van der Waals surface area contributed by atoms with Crippen molar-refractivity contribution < 1.29 is 33.2 Å². The van der Waals surface area contributed by atoms with Crippen molar-refractivity contribution in [3.63, 3.8) is 0 Å². The Bertz CT molecular complexity index is 379. The third kappa shape index (κ3) is 5.64. The van der Waals surface area contributed by atoms with E-state index in [9.17, 15) is 9.13 Å². The quantitative estimate of drug-likeness (QED) is 0.443. The van der Waals surface area contributed by atoms with Gasteiger partial charge in [0.2, 0.25) is 0 Å². The summed E-state index contributed by atoms with van der Waals surface area (Å²) in [4.78, 5) is 36.2. The Balaban J connectivity index is 2.63. The van der Waals surface area contributed by atoms with E-state index in [1.165, 1.54) is 0 Å². The third-order valence-electron chi connectivity index (χ3n) is 3.74. The monoisotopic (exact) mass is 316 g/mol. The maximum atomic E-state index is 11.2. The normalized spacial score (nSPS) is 24.7. The van der Waals surface area contributed by atoms with E-state index in [0.717, 1.165) is 30.4 Å². The number of hydrogen-bond acceptors (Lipinski definition) is 2. The Kier molecular flexibility index (Phi) is 5.41. The molecule has 1 atom stereocenters. The van der Waals surface area contributed by atoms with Gasteiger partial charge in [-0.2, -0.15) is 0 Å².